The van der Waals surface area contributed by atoms with E-state index < -0.39 is 5.97 Å². The number of carbonyl (C=O) groups is 2. The zero-order valence-electron chi connectivity index (χ0n) is 12.5. The Labute approximate surface area is 138 Å². The number of carbonyl (C=O) groups excluding carboxylic acids is 2. The van der Waals surface area contributed by atoms with Gasteiger partial charge in [0.1, 0.15) is 5.82 Å². The zero-order valence-corrected chi connectivity index (χ0v) is 13.4. The van der Waals surface area contributed by atoms with Crippen LogP contribution in [-0.4, -0.2) is 24.7 Å². The molecule has 0 aromatic heterocycles. The van der Waals surface area contributed by atoms with Crippen LogP contribution in [0.3, 0.4) is 0 Å². The molecule has 0 atom stereocenters. The third-order valence-corrected chi connectivity index (χ3v) is 4.04. The van der Waals surface area contributed by atoms with Crippen LogP contribution >= 0.6 is 11.8 Å². The topological polar surface area (TPSA) is 55.4 Å². The molecule has 4 nitrogen and oxygen atoms in total. The standard InChI is InChI=1S/C17H16FNO3S/c1-22-17(21)13-7-3-5-9-15(13)19-16(20)11-23-10-12-6-2-4-8-14(12)18/h2-9H,10-11H2,1H3,(H,19,20). The first-order valence-corrected chi connectivity index (χ1v) is 8.05. The van der Waals surface area contributed by atoms with E-state index in [0.29, 0.717) is 22.6 Å². The summed E-state index contributed by atoms with van der Waals surface area (Å²) in [6.45, 7) is 0. The Balaban J connectivity index is 1.91. The molecule has 120 valence electrons. The van der Waals surface area contributed by atoms with Crippen LogP contribution in [0.4, 0.5) is 10.1 Å². The Hall–Kier alpha value is -2.34. The third-order valence-electron chi connectivity index (χ3n) is 3.06. The summed E-state index contributed by atoms with van der Waals surface area (Å²) in [6, 6.07) is 13.1. The van der Waals surface area contributed by atoms with E-state index in [1.165, 1.54) is 24.9 Å². The molecular formula is C17H16FNO3S. The summed E-state index contributed by atoms with van der Waals surface area (Å²) < 4.78 is 18.1. The number of benzene rings is 2. The van der Waals surface area contributed by atoms with E-state index in [0.717, 1.165) is 0 Å². The second-order valence-electron chi connectivity index (χ2n) is 4.67. The highest BCUT2D eigenvalue weighted by molar-refractivity contribution is 7.99. The van der Waals surface area contributed by atoms with Crippen LogP contribution < -0.4 is 5.32 Å². The summed E-state index contributed by atoms with van der Waals surface area (Å²) in [5, 5.41) is 2.67. The highest BCUT2D eigenvalue weighted by atomic mass is 32.2. The van der Waals surface area contributed by atoms with Crippen molar-refractivity contribution >= 4 is 29.3 Å². The number of hydrogen-bond acceptors (Lipinski definition) is 4. The number of methoxy groups -OCH3 is 1. The van der Waals surface area contributed by atoms with Crippen molar-refractivity contribution in [3.05, 3.63) is 65.5 Å². The Morgan fingerprint density at radius 1 is 1.13 bits per heavy atom. The van der Waals surface area contributed by atoms with Crippen LogP contribution in [-0.2, 0) is 15.3 Å². The van der Waals surface area contributed by atoms with Gasteiger partial charge in [-0.1, -0.05) is 30.3 Å². The highest BCUT2D eigenvalue weighted by Crippen LogP contribution is 2.18. The largest absolute Gasteiger partial charge is 0.465 e. The predicted octanol–water partition coefficient (Wildman–Crippen LogP) is 3.48. The quantitative estimate of drug-likeness (QED) is 0.822. The molecule has 0 aliphatic rings. The molecule has 0 heterocycles. The van der Waals surface area contributed by atoms with Crippen LogP contribution in [0, 0.1) is 5.82 Å². The lowest BCUT2D eigenvalue weighted by Crippen LogP contribution is -2.17. The lowest BCUT2D eigenvalue weighted by Gasteiger charge is -2.09. The lowest BCUT2D eigenvalue weighted by atomic mass is 10.2. The molecule has 0 aliphatic carbocycles. The number of ether oxygens (including phenoxy) is 1. The van der Waals surface area contributed by atoms with Crippen LogP contribution in [0.5, 0.6) is 0 Å². The van der Waals surface area contributed by atoms with Crippen molar-refractivity contribution in [3.63, 3.8) is 0 Å². The fourth-order valence-corrected chi connectivity index (χ4v) is 2.75. The van der Waals surface area contributed by atoms with Crippen molar-refractivity contribution < 1.29 is 18.7 Å². The minimum Gasteiger partial charge on any atom is -0.465 e. The van der Waals surface area contributed by atoms with Crippen LogP contribution in [0.1, 0.15) is 15.9 Å². The molecule has 2 aromatic rings. The van der Waals surface area contributed by atoms with E-state index in [1.807, 2.05) is 0 Å². The number of thioether (sulfide) groups is 1. The second-order valence-corrected chi connectivity index (χ2v) is 5.66. The second kappa shape index (κ2) is 8.33. The number of halogens is 1. The van der Waals surface area contributed by atoms with Gasteiger partial charge in [0.2, 0.25) is 5.91 Å². The fourth-order valence-electron chi connectivity index (χ4n) is 1.94. The van der Waals surface area contributed by atoms with Crippen molar-refractivity contribution in [2.45, 2.75) is 5.75 Å². The Morgan fingerprint density at radius 2 is 1.83 bits per heavy atom. The summed E-state index contributed by atoms with van der Waals surface area (Å²) in [4.78, 5) is 23.6. The summed E-state index contributed by atoms with van der Waals surface area (Å²) >= 11 is 1.30. The minimum absolute atomic E-state index is 0.157. The number of anilines is 1. The van der Waals surface area contributed by atoms with Gasteiger partial charge in [-0.25, -0.2) is 9.18 Å². The SMILES string of the molecule is COC(=O)c1ccccc1NC(=O)CSCc1ccccc1F. The molecule has 6 heteroatoms. The maximum absolute atomic E-state index is 13.5. The molecule has 0 aliphatic heterocycles. The average Bonchev–Trinajstić information content (AvgIpc) is 2.56. The molecule has 0 radical (unpaired) electrons. The molecular weight excluding hydrogens is 317 g/mol. The van der Waals surface area contributed by atoms with Gasteiger partial charge < -0.3 is 10.1 Å². The van der Waals surface area contributed by atoms with E-state index in [-0.39, 0.29) is 17.5 Å². The molecule has 0 spiro atoms. The van der Waals surface area contributed by atoms with Crippen molar-refractivity contribution in [2.75, 3.05) is 18.2 Å². The molecule has 0 fully saturated rings. The van der Waals surface area contributed by atoms with E-state index in [1.54, 1.807) is 42.5 Å². The first kappa shape index (κ1) is 17.0. The van der Waals surface area contributed by atoms with Gasteiger partial charge in [0.15, 0.2) is 0 Å². The van der Waals surface area contributed by atoms with Crippen LogP contribution in [0.15, 0.2) is 48.5 Å². The number of rotatable bonds is 6. The fraction of sp³-hybridized carbons (Fsp3) is 0.176. The van der Waals surface area contributed by atoms with Crippen molar-refractivity contribution in [1.29, 1.82) is 0 Å². The lowest BCUT2D eigenvalue weighted by molar-refractivity contribution is -0.113. The van der Waals surface area contributed by atoms with E-state index in [9.17, 15) is 14.0 Å². The molecule has 0 saturated carbocycles. The first-order chi connectivity index (χ1) is 11.1. The van der Waals surface area contributed by atoms with E-state index in [4.69, 9.17) is 0 Å². The van der Waals surface area contributed by atoms with Gasteiger partial charge in [0.05, 0.1) is 24.1 Å². The van der Waals surface area contributed by atoms with Crippen molar-refractivity contribution in [2.24, 2.45) is 0 Å². The van der Waals surface area contributed by atoms with Gasteiger partial charge >= 0.3 is 5.97 Å². The molecule has 0 unspecified atom stereocenters. The van der Waals surface area contributed by atoms with E-state index >= 15 is 0 Å². The third kappa shape index (κ3) is 4.82. The van der Waals surface area contributed by atoms with Gasteiger partial charge in [-0.3, -0.25) is 4.79 Å². The minimum atomic E-state index is -0.514. The Morgan fingerprint density at radius 3 is 2.57 bits per heavy atom. The number of hydrogen-bond donors (Lipinski definition) is 1. The highest BCUT2D eigenvalue weighted by Gasteiger charge is 2.13. The summed E-state index contributed by atoms with van der Waals surface area (Å²) in [5.41, 5.74) is 1.25. The van der Waals surface area contributed by atoms with Crippen molar-refractivity contribution in [1.82, 2.24) is 0 Å². The number of nitrogens with one attached hydrogen (secondary N) is 1. The average molecular weight is 333 g/mol. The van der Waals surface area contributed by atoms with Crippen molar-refractivity contribution in [3.8, 4) is 0 Å². The molecule has 2 rings (SSSR count). The van der Waals surface area contributed by atoms with Gasteiger partial charge in [-0.05, 0) is 23.8 Å². The predicted molar refractivity (Wildman–Crippen MR) is 89.0 cm³/mol. The van der Waals surface area contributed by atoms with Crippen LogP contribution in [0.25, 0.3) is 0 Å². The van der Waals surface area contributed by atoms with Crippen LogP contribution in [0.2, 0.25) is 0 Å². The number of amides is 1. The monoisotopic (exact) mass is 333 g/mol. The molecule has 1 amide bonds. The maximum Gasteiger partial charge on any atom is 0.339 e. The number of esters is 1. The van der Waals surface area contributed by atoms with Gasteiger partial charge in [-0.2, -0.15) is 0 Å². The smallest absolute Gasteiger partial charge is 0.339 e. The summed E-state index contributed by atoms with van der Waals surface area (Å²) in [5.74, 6) is -0.498. The van der Waals surface area contributed by atoms with Gasteiger partial charge in [0.25, 0.3) is 0 Å². The van der Waals surface area contributed by atoms with Gasteiger partial charge in [-0.15, -0.1) is 11.8 Å². The molecule has 0 saturated heterocycles. The molecule has 23 heavy (non-hydrogen) atoms. The summed E-state index contributed by atoms with van der Waals surface area (Å²) in [6.07, 6.45) is 0. The molecule has 0 bridgehead atoms. The van der Waals surface area contributed by atoms with Gasteiger partial charge in [0, 0.05) is 5.75 Å². The normalized spacial score (nSPS) is 10.2. The summed E-state index contributed by atoms with van der Waals surface area (Å²) in [7, 11) is 1.28. The first-order valence-electron chi connectivity index (χ1n) is 6.90. The molecule has 2 aromatic carbocycles. The zero-order chi connectivity index (χ0) is 16.7. The maximum atomic E-state index is 13.5. The molecule has 1 N–H and O–H groups in total. The number of para-hydroxylation sites is 1. The van der Waals surface area contributed by atoms with E-state index in [2.05, 4.69) is 10.1 Å². The Bertz CT molecular complexity index is 706. The Kier molecular flexibility index (Phi) is 6.17.